The first-order valence-corrected chi connectivity index (χ1v) is 7.68. The molecule has 2 rings (SSSR count). The fourth-order valence-corrected chi connectivity index (χ4v) is 2.77. The molecule has 1 aromatic heterocycles. The summed E-state index contributed by atoms with van der Waals surface area (Å²) in [4.78, 5) is 17.1. The third-order valence-electron chi connectivity index (χ3n) is 2.50. The Labute approximate surface area is 130 Å². The van der Waals surface area contributed by atoms with E-state index >= 15 is 0 Å². The van der Waals surface area contributed by atoms with E-state index in [2.05, 4.69) is 26.2 Å². The van der Waals surface area contributed by atoms with Gasteiger partial charge in [-0.05, 0) is 53.2 Å². The molecular weight excluding hydrogens is 338 g/mol. The third kappa shape index (κ3) is 3.74. The first-order chi connectivity index (χ1) is 9.60. The van der Waals surface area contributed by atoms with Crippen LogP contribution in [0.3, 0.4) is 0 Å². The number of aromatic nitrogens is 1. The SMILES string of the molecule is CCNC(=O)c1ccc(N)cc1Sc1ccc(Br)cn1. The average Bonchev–Trinajstić information content (AvgIpc) is 2.42. The maximum Gasteiger partial charge on any atom is 0.252 e. The van der Waals surface area contributed by atoms with Crippen LogP contribution in [-0.4, -0.2) is 17.4 Å². The van der Waals surface area contributed by atoms with E-state index in [0.29, 0.717) is 17.8 Å². The molecule has 0 spiro atoms. The molecule has 1 aromatic carbocycles. The van der Waals surface area contributed by atoms with Gasteiger partial charge in [-0.1, -0.05) is 11.8 Å². The van der Waals surface area contributed by atoms with Gasteiger partial charge in [-0.3, -0.25) is 4.79 Å². The van der Waals surface area contributed by atoms with Crippen molar-refractivity contribution in [3.05, 3.63) is 46.6 Å². The number of carbonyl (C=O) groups excluding carboxylic acids is 1. The van der Waals surface area contributed by atoms with E-state index in [1.165, 1.54) is 11.8 Å². The topological polar surface area (TPSA) is 68.0 Å². The summed E-state index contributed by atoms with van der Waals surface area (Å²) in [6, 6.07) is 9.05. The first-order valence-electron chi connectivity index (χ1n) is 6.07. The fourth-order valence-electron chi connectivity index (χ4n) is 1.60. The van der Waals surface area contributed by atoms with Crippen molar-refractivity contribution in [3.8, 4) is 0 Å². The number of benzene rings is 1. The second-order valence-electron chi connectivity index (χ2n) is 4.03. The first kappa shape index (κ1) is 14.9. The predicted octanol–water partition coefficient (Wildman–Crippen LogP) is 3.33. The Morgan fingerprint density at radius 3 is 2.85 bits per heavy atom. The molecule has 1 amide bonds. The number of nitrogens with two attached hydrogens (primary N) is 1. The highest BCUT2D eigenvalue weighted by molar-refractivity contribution is 9.10. The predicted molar refractivity (Wildman–Crippen MR) is 84.9 cm³/mol. The standard InChI is InChI=1S/C14H14BrN3OS/c1-2-17-14(19)11-5-4-10(16)7-12(11)20-13-6-3-9(15)8-18-13/h3-8H,2,16H2,1H3,(H,17,19). The van der Waals surface area contributed by atoms with E-state index in [-0.39, 0.29) is 5.91 Å². The van der Waals surface area contributed by atoms with Gasteiger partial charge in [0.05, 0.1) is 5.56 Å². The van der Waals surface area contributed by atoms with Gasteiger partial charge in [0.15, 0.2) is 0 Å². The molecule has 0 saturated carbocycles. The van der Waals surface area contributed by atoms with Gasteiger partial charge in [0.1, 0.15) is 5.03 Å². The highest BCUT2D eigenvalue weighted by Crippen LogP contribution is 2.31. The quantitative estimate of drug-likeness (QED) is 0.829. The van der Waals surface area contributed by atoms with Crippen LogP contribution < -0.4 is 11.1 Å². The number of rotatable bonds is 4. The minimum Gasteiger partial charge on any atom is -0.399 e. The van der Waals surface area contributed by atoms with Gasteiger partial charge in [-0.15, -0.1) is 0 Å². The van der Waals surface area contributed by atoms with Crippen LogP contribution in [0.15, 0.2) is 50.9 Å². The highest BCUT2D eigenvalue weighted by Gasteiger charge is 2.12. The maximum atomic E-state index is 12.0. The number of carbonyl (C=O) groups is 1. The minimum atomic E-state index is -0.105. The molecule has 0 bridgehead atoms. The van der Waals surface area contributed by atoms with E-state index in [4.69, 9.17) is 5.73 Å². The van der Waals surface area contributed by atoms with Crippen LogP contribution in [0.4, 0.5) is 5.69 Å². The van der Waals surface area contributed by atoms with Gasteiger partial charge < -0.3 is 11.1 Å². The number of nitrogens with one attached hydrogen (secondary N) is 1. The molecule has 6 heteroatoms. The summed E-state index contributed by atoms with van der Waals surface area (Å²) < 4.78 is 0.915. The maximum absolute atomic E-state index is 12.0. The van der Waals surface area contributed by atoms with Crippen LogP contribution in [0.2, 0.25) is 0 Å². The van der Waals surface area contributed by atoms with Gasteiger partial charge in [0.2, 0.25) is 0 Å². The number of halogens is 1. The van der Waals surface area contributed by atoms with Crippen molar-refractivity contribution >= 4 is 39.3 Å². The molecule has 0 atom stereocenters. The Morgan fingerprint density at radius 2 is 2.20 bits per heavy atom. The van der Waals surface area contributed by atoms with Crippen molar-refractivity contribution in [2.75, 3.05) is 12.3 Å². The summed E-state index contributed by atoms with van der Waals surface area (Å²) in [5, 5.41) is 3.61. The second kappa shape index (κ2) is 6.76. The van der Waals surface area contributed by atoms with Crippen LogP contribution in [-0.2, 0) is 0 Å². The summed E-state index contributed by atoms with van der Waals surface area (Å²) >= 11 is 4.76. The molecule has 3 N–H and O–H groups in total. The highest BCUT2D eigenvalue weighted by atomic mass is 79.9. The van der Waals surface area contributed by atoms with Gasteiger partial charge in [-0.2, -0.15) is 0 Å². The molecule has 0 unspecified atom stereocenters. The number of nitrogen functional groups attached to an aromatic ring is 1. The Bertz CT molecular complexity index is 616. The van der Waals surface area contributed by atoms with Crippen LogP contribution in [0.5, 0.6) is 0 Å². The molecule has 1 heterocycles. The lowest BCUT2D eigenvalue weighted by Crippen LogP contribution is -2.23. The lowest BCUT2D eigenvalue weighted by molar-refractivity contribution is 0.0953. The van der Waals surface area contributed by atoms with E-state index in [9.17, 15) is 4.79 Å². The van der Waals surface area contributed by atoms with E-state index in [1.54, 1.807) is 24.4 Å². The monoisotopic (exact) mass is 351 g/mol. The molecule has 104 valence electrons. The number of amides is 1. The summed E-state index contributed by atoms with van der Waals surface area (Å²) in [5.74, 6) is -0.105. The fraction of sp³-hybridized carbons (Fsp3) is 0.143. The molecule has 2 aromatic rings. The molecule has 0 aliphatic rings. The summed E-state index contributed by atoms with van der Waals surface area (Å²) in [6.45, 7) is 2.47. The van der Waals surface area contributed by atoms with E-state index in [1.807, 2.05) is 19.1 Å². The summed E-state index contributed by atoms with van der Waals surface area (Å²) in [5.41, 5.74) is 7.04. The van der Waals surface area contributed by atoms with Crippen molar-refractivity contribution in [3.63, 3.8) is 0 Å². The van der Waals surface area contributed by atoms with Crippen LogP contribution in [0.1, 0.15) is 17.3 Å². The lowest BCUT2D eigenvalue weighted by Gasteiger charge is -2.09. The van der Waals surface area contributed by atoms with Crippen LogP contribution >= 0.6 is 27.7 Å². The Hall–Kier alpha value is -1.53. The summed E-state index contributed by atoms with van der Waals surface area (Å²) in [7, 11) is 0. The van der Waals surface area contributed by atoms with E-state index < -0.39 is 0 Å². The van der Waals surface area contributed by atoms with Crippen LogP contribution in [0, 0.1) is 0 Å². The molecule has 4 nitrogen and oxygen atoms in total. The molecular formula is C14H14BrN3OS. The second-order valence-corrected chi connectivity index (χ2v) is 6.01. The third-order valence-corrected chi connectivity index (χ3v) is 3.98. The summed E-state index contributed by atoms with van der Waals surface area (Å²) in [6.07, 6.45) is 1.72. The molecule has 0 aliphatic carbocycles. The van der Waals surface area contributed by atoms with Crippen LogP contribution in [0.25, 0.3) is 0 Å². The lowest BCUT2D eigenvalue weighted by atomic mass is 10.2. The van der Waals surface area contributed by atoms with Gasteiger partial charge >= 0.3 is 0 Å². The van der Waals surface area contributed by atoms with Crippen molar-refractivity contribution < 1.29 is 4.79 Å². The molecule has 20 heavy (non-hydrogen) atoms. The number of hydrogen-bond donors (Lipinski definition) is 2. The van der Waals surface area contributed by atoms with Gasteiger partial charge in [-0.25, -0.2) is 4.98 Å². The number of anilines is 1. The molecule has 0 aliphatic heterocycles. The average molecular weight is 352 g/mol. The van der Waals surface area contributed by atoms with Gasteiger partial charge in [0, 0.05) is 27.8 Å². The smallest absolute Gasteiger partial charge is 0.252 e. The van der Waals surface area contributed by atoms with Crippen molar-refractivity contribution in [1.29, 1.82) is 0 Å². The van der Waals surface area contributed by atoms with Crippen molar-refractivity contribution in [1.82, 2.24) is 10.3 Å². The number of nitrogens with zero attached hydrogens (tertiary/aromatic N) is 1. The van der Waals surface area contributed by atoms with Gasteiger partial charge in [0.25, 0.3) is 5.91 Å². The Kier molecular flexibility index (Phi) is 5.03. The molecule has 0 saturated heterocycles. The largest absolute Gasteiger partial charge is 0.399 e. The zero-order chi connectivity index (χ0) is 14.5. The number of pyridine rings is 1. The molecule has 0 fully saturated rings. The zero-order valence-electron chi connectivity index (χ0n) is 10.9. The minimum absolute atomic E-state index is 0.105. The Morgan fingerprint density at radius 1 is 1.40 bits per heavy atom. The Balaban J connectivity index is 2.31. The molecule has 0 radical (unpaired) electrons. The van der Waals surface area contributed by atoms with Crippen molar-refractivity contribution in [2.45, 2.75) is 16.8 Å². The zero-order valence-corrected chi connectivity index (χ0v) is 13.3. The normalized spacial score (nSPS) is 10.3. The number of hydrogen-bond acceptors (Lipinski definition) is 4. The van der Waals surface area contributed by atoms with E-state index in [0.717, 1.165) is 14.4 Å². The van der Waals surface area contributed by atoms with Crippen molar-refractivity contribution in [2.24, 2.45) is 0 Å².